The van der Waals surface area contributed by atoms with E-state index in [0.29, 0.717) is 0 Å². The number of nitrogens with two attached hydrogens (primary N) is 1. The van der Waals surface area contributed by atoms with E-state index >= 15 is 0 Å². The summed E-state index contributed by atoms with van der Waals surface area (Å²) in [5, 5.41) is 0. The molecule has 3 heteroatoms. The minimum absolute atomic E-state index is 0.246. The zero-order valence-corrected chi connectivity index (χ0v) is 12.5. The Morgan fingerprint density at radius 3 is 2.61 bits per heavy atom. The number of hydrogen-bond acceptors (Lipinski definition) is 3. The first-order valence-electron chi connectivity index (χ1n) is 7.80. The van der Waals surface area contributed by atoms with Crippen molar-refractivity contribution in [2.45, 2.75) is 70.0 Å². The zero-order valence-electron chi connectivity index (χ0n) is 12.5. The summed E-state index contributed by atoms with van der Waals surface area (Å²) in [6, 6.07) is 1.59. The van der Waals surface area contributed by atoms with E-state index in [2.05, 4.69) is 30.7 Å². The van der Waals surface area contributed by atoms with Gasteiger partial charge in [-0.05, 0) is 46.2 Å². The van der Waals surface area contributed by atoms with Gasteiger partial charge in [-0.3, -0.25) is 9.80 Å². The molecule has 1 saturated heterocycles. The van der Waals surface area contributed by atoms with Gasteiger partial charge < -0.3 is 5.73 Å². The van der Waals surface area contributed by atoms with E-state index < -0.39 is 0 Å². The van der Waals surface area contributed by atoms with E-state index in [1.807, 2.05) is 0 Å². The Labute approximate surface area is 113 Å². The minimum Gasteiger partial charge on any atom is -0.329 e. The minimum atomic E-state index is 0.246. The Hall–Kier alpha value is -0.120. The average Bonchev–Trinajstić information content (AvgIpc) is 3.14. The number of unbranched alkanes of at least 4 members (excludes halogenated alkanes) is 2. The highest BCUT2D eigenvalue weighted by molar-refractivity contribution is 5.06. The maximum absolute atomic E-state index is 6.15. The summed E-state index contributed by atoms with van der Waals surface area (Å²) in [7, 11) is 2.28. The molecule has 0 amide bonds. The summed E-state index contributed by atoms with van der Waals surface area (Å²) in [6.45, 7) is 7.86. The van der Waals surface area contributed by atoms with E-state index in [4.69, 9.17) is 5.73 Å². The van der Waals surface area contributed by atoms with Gasteiger partial charge >= 0.3 is 0 Å². The molecule has 106 valence electrons. The summed E-state index contributed by atoms with van der Waals surface area (Å²) >= 11 is 0. The van der Waals surface area contributed by atoms with Gasteiger partial charge in [-0.2, -0.15) is 0 Å². The normalized spacial score (nSPS) is 33.5. The van der Waals surface area contributed by atoms with Crippen LogP contribution in [0.3, 0.4) is 0 Å². The van der Waals surface area contributed by atoms with Crippen molar-refractivity contribution in [2.75, 3.05) is 26.7 Å². The molecular formula is C15H31N3. The smallest absolute Gasteiger partial charge is 0.0470 e. The van der Waals surface area contributed by atoms with Crippen molar-refractivity contribution in [3.8, 4) is 0 Å². The standard InChI is InChI=1S/C15H31N3/c1-4-5-6-9-17(3)15(11-16)10-13(2)18(12-15)14-7-8-14/h13-14H,4-12,16H2,1-3H3. The van der Waals surface area contributed by atoms with E-state index in [9.17, 15) is 0 Å². The summed E-state index contributed by atoms with van der Waals surface area (Å²) in [5.41, 5.74) is 6.40. The Morgan fingerprint density at radius 2 is 2.06 bits per heavy atom. The Kier molecular flexibility index (Phi) is 4.68. The maximum Gasteiger partial charge on any atom is 0.0470 e. The van der Waals surface area contributed by atoms with Gasteiger partial charge in [-0.1, -0.05) is 19.8 Å². The van der Waals surface area contributed by atoms with Crippen LogP contribution >= 0.6 is 0 Å². The van der Waals surface area contributed by atoms with Crippen molar-refractivity contribution in [1.82, 2.24) is 9.80 Å². The predicted molar refractivity (Wildman–Crippen MR) is 77.7 cm³/mol. The Morgan fingerprint density at radius 1 is 1.33 bits per heavy atom. The van der Waals surface area contributed by atoms with Crippen molar-refractivity contribution >= 4 is 0 Å². The van der Waals surface area contributed by atoms with Crippen LogP contribution in [0.4, 0.5) is 0 Å². The lowest BCUT2D eigenvalue weighted by Crippen LogP contribution is -2.54. The van der Waals surface area contributed by atoms with Crippen LogP contribution in [0.2, 0.25) is 0 Å². The van der Waals surface area contributed by atoms with E-state index in [0.717, 1.165) is 18.6 Å². The molecule has 1 aliphatic carbocycles. The number of hydrogen-bond donors (Lipinski definition) is 1. The first kappa shape index (κ1) is 14.3. The highest BCUT2D eigenvalue weighted by atomic mass is 15.3. The second-order valence-corrected chi connectivity index (χ2v) is 6.51. The van der Waals surface area contributed by atoms with Gasteiger partial charge in [0.05, 0.1) is 0 Å². The largest absolute Gasteiger partial charge is 0.329 e. The third kappa shape index (κ3) is 2.89. The third-order valence-electron chi connectivity index (χ3n) is 5.02. The van der Waals surface area contributed by atoms with Gasteiger partial charge in [-0.25, -0.2) is 0 Å². The quantitative estimate of drug-likeness (QED) is 0.705. The molecule has 0 bridgehead atoms. The zero-order chi connectivity index (χ0) is 13.2. The fraction of sp³-hybridized carbons (Fsp3) is 1.00. The molecule has 0 aromatic rings. The van der Waals surface area contributed by atoms with Crippen molar-refractivity contribution in [2.24, 2.45) is 5.73 Å². The van der Waals surface area contributed by atoms with Crippen molar-refractivity contribution < 1.29 is 0 Å². The molecular weight excluding hydrogens is 222 g/mol. The maximum atomic E-state index is 6.15. The van der Waals surface area contributed by atoms with E-state index in [1.165, 1.54) is 51.6 Å². The molecule has 0 aromatic carbocycles. The molecule has 2 N–H and O–H groups in total. The Bertz CT molecular complexity index is 264. The predicted octanol–water partition coefficient (Wildman–Crippen LogP) is 2.06. The highest BCUT2D eigenvalue weighted by Gasteiger charge is 2.48. The number of rotatable bonds is 7. The first-order valence-corrected chi connectivity index (χ1v) is 7.80. The molecule has 0 radical (unpaired) electrons. The van der Waals surface area contributed by atoms with Crippen LogP contribution in [0.25, 0.3) is 0 Å². The fourth-order valence-corrected chi connectivity index (χ4v) is 3.54. The molecule has 3 nitrogen and oxygen atoms in total. The van der Waals surface area contributed by atoms with Gasteiger partial charge in [0, 0.05) is 30.7 Å². The van der Waals surface area contributed by atoms with Gasteiger partial charge in [-0.15, -0.1) is 0 Å². The van der Waals surface area contributed by atoms with Crippen LogP contribution in [-0.4, -0.2) is 54.1 Å². The second kappa shape index (κ2) is 5.89. The summed E-state index contributed by atoms with van der Waals surface area (Å²) in [4.78, 5) is 5.27. The lowest BCUT2D eigenvalue weighted by molar-refractivity contribution is 0.125. The number of likely N-dealkylation sites (N-methyl/N-ethyl adjacent to an activating group) is 1. The van der Waals surface area contributed by atoms with E-state index in [1.54, 1.807) is 0 Å². The summed E-state index contributed by atoms with van der Waals surface area (Å²) < 4.78 is 0. The molecule has 2 fully saturated rings. The molecule has 1 saturated carbocycles. The van der Waals surface area contributed by atoms with E-state index in [-0.39, 0.29) is 5.54 Å². The third-order valence-corrected chi connectivity index (χ3v) is 5.02. The molecule has 0 spiro atoms. The van der Waals surface area contributed by atoms with Gasteiger partial charge in [0.2, 0.25) is 0 Å². The number of nitrogens with zero attached hydrogens (tertiary/aromatic N) is 2. The lowest BCUT2D eigenvalue weighted by atomic mass is 9.94. The van der Waals surface area contributed by atoms with Crippen molar-refractivity contribution in [3.05, 3.63) is 0 Å². The molecule has 1 heterocycles. The molecule has 2 aliphatic rings. The van der Waals surface area contributed by atoms with Crippen LogP contribution < -0.4 is 5.73 Å². The summed E-state index contributed by atoms with van der Waals surface area (Å²) in [5.74, 6) is 0. The van der Waals surface area contributed by atoms with Crippen LogP contribution in [0.5, 0.6) is 0 Å². The lowest BCUT2D eigenvalue weighted by Gasteiger charge is -2.38. The van der Waals surface area contributed by atoms with Crippen molar-refractivity contribution in [1.29, 1.82) is 0 Å². The van der Waals surface area contributed by atoms with Gasteiger partial charge in [0.15, 0.2) is 0 Å². The molecule has 18 heavy (non-hydrogen) atoms. The van der Waals surface area contributed by atoms with Gasteiger partial charge in [0.1, 0.15) is 0 Å². The monoisotopic (exact) mass is 253 g/mol. The van der Waals surface area contributed by atoms with Crippen LogP contribution in [0.1, 0.15) is 52.4 Å². The average molecular weight is 253 g/mol. The fourth-order valence-electron chi connectivity index (χ4n) is 3.54. The van der Waals surface area contributed by atoms with Crippen molar-refractivity contribution in [3.63, 3.8) is 0 Å². The molecule has 0 aromatic heterocycles. The first-order chi connectivity index (χ1) is 8.63. The van der Waals surface area contributed by atoms with Crippen LogP contribution in [0.15, 0.2) is 0 Å². The molecule has 1 aliphatic heterocycles. The van der Waals surface area contributed by atoms with Gasteiger partial charge in [0.25, 0.3) is 0 Å². The highest BCUT2D eigenvalue weighted by Crippen LogP contribution is 2.39. The molecule has 2 rings (SSSR count). The number of likely N-dealkylation sites (tertiary alicyclic amines) is 1. The second-order valence-electron chi connectivity index (χ2n) is 6.51. The van der Waals surface area contributed by atoms with Crippen LogP contribution in [0, 0.1) is 0 Å². The topological polar surface area (TPSA) is 32.5 Å². The summed E-state index contributed by atoms with van der Waals surface area (Å²) in [6.07, 6.45) is 8.02. The SMILES string of the molecule is CCCCCN(C)C1(CN)CC(C)N(C2CC2)C1. The molecule has 2 atom stereocenters. The molecule has 2 unspecified atom stereocenters. The Balaban J connectivity index is 1.93. The van der Waals surface area contributed by atoms with Crippen LogP contribution in [-0.2, 0) is 0 Å².